The Balaban J connectivity index is 1.90. The largest absolute Gasteiger partial charge is 0.453 e. The molecule has 0 N–H and O–H groups in total. The molecule has 0 aliphatic carbocycles. The van der Waals surface area contributed by atoms with Crippen molar-refractivity contribution in [3.63, 3.8) is 0 Å². The molecule has 0 aliphatic rings. The number of pyridine rings is 1. The van der Waals surface area contributed by atoms with Gasteiger partial charge >= 0.3 is 6.18 Å². The molecule has 0 spiro atoms. The number of rotatable bonds is 2. The molecular weight excluding hydrogens is 398 g/mol. The number of aromatic nitrogens is 5. The van der Waals surface area contributed by atoms with Crippen LogP contribution in [0.5, 0.6) is 0 Å². The first kappa shape index (κ1) is 18.3. The maximum Gasteiger partial charge on any atom is 0.453 e. The normalized spacial score (nSPS) is 12.2. The number of hydrogen-bond donors (Lipinski definition) is 0. The molecular formula is C21H13F4N5. The number of fused-ring (bicyclic) bond motifs is 2. The molecule has 0 fully saturated rings. The monoisotopic (exact) mass is 411 g/mol. The molecule has 3 heterocycles. The molecule has 150 valence electrons. The first-order valence-electron chi connectivity index (χ1n) is 8.99. The average molecular weight is 411 g/mol. The van der Waals surface area contributed by atoms with Gasteiger partial charge in [0, 0.05) is 10.9 Å². The van der Waals surface area contributed by atoms with Crippen molar-refractivity contribution in [2.24, 2.45) is 0 Å². The third-order valence-corrected chi connectivity index (χ3v) is 4.88. The third kappa shape index (κ3) is 2.81. The lowest BCUT2D eigenvalue weighted by molar-refractivity contribution is -0.144. The minimum Gasteiger partial charge on any atom is -0.214 e. The van der Waals surface area contributed by atoms with E-state index in [-0.39, 0.29) is 11.5 Å². The fourth-order valence-corrected chi connectivity index (χ4v) is 3.53. The minimum atomic E-state index is -4.69. The molecule has 0 bridgehead atoms. The molecule has 30 heavy (non-hydrogen) atoms. The average Bonchev–Trinajstić information content (AvgIpc) is 3.33. The van der Waals surface area contributed by atoms with E-state index in [0.717, 1.165) is 21.0 Å². The Kier molecular flexibility index (Phi) is 3.89. The Morgan fingerprint density at radius 2 is 1.70 bits per heavy atom. The number of benzene rings is 2. The summed E-state index contributed by atoms with van der Waals surface area (Å²) in [6, 6.07) is 14.4. The van der Waals surface area contributed by atoms with Crippen LogP contribution in [0, 0.1) is 12.7 Å². The third-order valence-electron chi connectivity index (χ3n) is 4.88. The number of nitrogens with zero attached hydrogens (tertiary/aromatic N) is 5. The molecule has 0 amide bonds. The van der Waals surface area contributed by atoms with Crippen LogP contribution in [-0.2, 0) is 6.18 Å². The van der Waals surface area contributed by atoms with E-state index in [4.69, 9.17) is 0 Å². The number of aryl methyl sites for hydroxylation is 1. The van der Waals surface area contributed by atoms with Crippen LogP contribution in [-0.4, -0.2) is 24.4 Å². The van der Waals surface area contributed by atoms with Gasteiger partial charge < -0.3 is 0 Å². The molecule has 0 saturated heterocycles. The fraction of sp³-hybridized carbons (Fsp3) is 0.0952. The highest BCUT2D eigenvalue weighted by Crippen LogP contribution is 2.33. The Bertz CT molecular complexity index is 1400. The first-order valence-corrected chi connectivity index (χ1v) is 8.99. The van der Waals surface area contributed by atoms with Gasteiger partial charge in [-0.3, -0.25) is 0 Å². The topological polar surface area (TPSA) is 48.0 Å². The lowest BCUT2D eigenvalue weighted by Gasteiger charge is -2.13. The van der Waals surface area contributed by atoms with Crippen LogP contribution >= 0.6 is 0 Å². The number of alkyl halides is 3. The first-order chi connectivity index (χ1) is 14.3. The number of halogens is 4. The Morgan fingerprint density at radius 1 is 0.933 bits per heavy atom. The van der Waals surface area contributed by atoms with E-state index in [9.17, 15) is 17.6 Å². The zero-order chi connectivity index (χ0) is 21.0. The van der Waals surface area contributed by atoms with Gasteiger partial charge in [-0.25, -0.2) is 14.1 Å². The highest BCUT2D eigenvalue weighted by atomic mass is 19.4. The summed E-state index contributed by atoms with van der Waals surface area (Å²) >= 11 is 0. The fourth-order valence-electron chi connectivity index (χ4n) is 3.53. The summed E-state index contributed by atoms with van der Waals surface area (Å²) in [5.41, 5.74) is 2.80. The van der Waals surface area contributed by atoms with E-state index >= 15 is 0 Å². The lowest BCUT2D eigenvalue weighted by atomic mass is 10.1. The molecule has 5 nitrogen and oxygen atoms in total. The van der Waals surface area contributed by atoms with Gasteiger partial charge in [-0.15, -0.1) is 5.10 Å². The Morgan fingerprint density at radius 3 is 2.43 bits per heavy atom. The van der Waals surface area contributed by atoms with Crippen LogP contribution in [0.25, 0.3) is 33.5 Å². The maximum absolute atomic E-state index is 13.5. The zero-order valence-electron chi connectivity index (χ0n) is 15.5. The van der Waals surface area contributed by atoms with Gasteiger partial charge in [0.15, 0.2) is 11.5 Å². The summed E-state index contributed by atoms with van der Waals surface area (Å²) in [6.07, 6.45) is -3.06. The van der Waals surface area contributed by atoms with E-state index in [1.165, 1.54) is 18.2 Å². The van der Waals surface area contributed by atoms with Gasteiger partial charge in [0.2, 0.25) is 0 Å². The summed E-state index contributed by atoms with van der Waals surface area (Å²) in [6.45, 7) is 1.89. The van der Waals surface area contributed by atoms with Crippen LogP contribution in [0.3, 0.4) is 0 Å². The molecule has 0 saturated carbocycles. The predicted molar refractivity (Wildman–Crippen MR) is 103 cm³/mol. The van der Waals surface area contributed by atoms with Crippen LogP contribution in [0.1, 0.15) is 11.4 Å². The number of hydrogen-bond acceptors (Lipinski definition) is 3. The lowest BCUT2D eigenvalue weighted by Crippen LogP contribution is -2.10. The molecule has 0 aliphatic heterocycles. The van der Waals surface area contributed by atoms with E-state index in [1.54, 1.807) is 29.1 Å². The van der Waals surface area contributed by atoms with Crippen LogP contribution in [0.15, 0.2) is 60.8 Å². The van der Waals surface area contributed by atoms with Crippen LogP contribution in [0.4, 0.5) is 17.6 Å². The summed E-state index contributed by atoms with van der Waals surface area (Å²) in [5, 5.41) is 8.98. The molecule has 0 unspecified atom stereocenters. The highest BCUT2D eigenvalue weighted by molar-refractivity contribution is 5.85. The summed E-state index contributed by atoms with van der Waals surface area (Å²) in [5.74, 6) is -1.37. The smallest absolute Gasteiger partial charge is 0.214 e. The summed E-state index contributed by atoms with van der Waals surface area (Å²) in [7, 11) is 0. The van der Waals surface area contributed by atoms with Crippen molar-refractivity contribution < 1.29 is 17.6 Å². The molecule has 9 heteroatoms. The van der Waals surface area contributed by atoms with Gasteiger partial charge in [-0.2, -0.15) is 22.8 Å². The molecule has 5 rings (SSSR count). The molecule has 2 aromatic carbocycles. The molecule has 0 radical (unpaired) electrons. The Hall–Kier alpha value is -3.75. The van der Waals surface area contributed by atoms with Crippen molar-refractivity contribution in [2.75, 3.05) is 0 Å². The van der Waals surface area contributed by atoms with Gasteiger partial charge in [0.1, 0.15) is 5.82 Å². The highest BCUT2D eigenvalue weighted by Gasteiger charge is 2.37. The van der Waals surface area contributed by atoms with E-state index in [0.29, 0.717) is 11.1 Å². The quantitative estimate of drug-likeness (QED) is 0.375. The zero-order valence-corrected chi connectivity index (χ0v) is 15.5. The van der Waals surface area contributed by atoms with Crippen LogP contribution < -0.4 is 0 Å². The molecule has 0 atom stereocenters. The van der Waals surface area contributed by atoms with Crippen molar-refractivity contribution in [2.45, 2.75) is 13.1 Å². The second-order valence-corrected chi connectivity index (χ2v) is 6.85. The van der Waals surface area contributed by atoms with E-state index < -0.39 is 17.8 Å². The van der Waals surface area contributed by atoms with Gasteiger partial charge in [0.05, 0.1) is 11.7 Å². The van der Waals surface area contributed by atoms with Gasteiger partial charge in [-0.05, 0) is 42.3 Å². The van der Waals surface area contributed by atoms with Crippen molar-refractivity contribution >= 4 is 16.6 Å². The molecule has 5 aromatic rings. The Labute approximate surface area is 167 Å². The summed E-state index contributed by atoms with van der Waals surface area (Å²) in [4.78, 5) is 3.63. The van der Waals surface area contributed by atoms with E-state index in [1.807, 2.05) is 25.1 Å². The van der Waals surface area contributed by atoms with Gasteiger partial charge in [0.25, 0.3) is 5.82 Å². The maximum atomic E-state index is 13.5. The second-order valence-electron chi connectivity index (χ2n) is 6.85. The molecule has 3 aromatic heterocycles. The standard InChI is InChI=1S/C21H13F4N5/c1-12-3-2-4-14-11-26-30(18(12)14)19-16(13-5-7-15(22)8-6-13)9-10-17-27-20(21(23,24)25)28-29(17)19/h2-11H,1H3. The van der Waals surface area contributed by atoms with Crippen molar-refractivity contribution in [3.05, 3.63) is 78.0 Å². The number of para-hydroxylation sites is 1. The SMILES string of the molecule is Cc1cccc2cnn(-c3c(-c4ccc(F)cc4)ccc4nc(C(F)(F)F)nn34)c12. The van der Waals surface area contributed by atoms with E-state index in [2.05, 4.69) is 15.2 Å². The van der Waals surface area contributed by atoms with Crippen molar-refractivity contribution in [1.29, 1.82) is 0 Å². The van der Waals surface area contributed by atoms with Crippen molar-refractivity contribution in [1.82, 2.24) is 24.4 Å². The summed E-state index contributed by atoms with van der Waals surface area (Å²) < 4.78 is 56.0. The van der Waals surface area contributed by atoms with Crippen LogP contribution in [0.2, 0.25) is 0 Å². The van der Waals surface area contributed by atoms with Crippen molar-refractivity contribution in [3.8, 4) is 16.9 Å². The second kappa shape index (κ2) is 6.38. The predicted octanol–water partition coefficient (Wildman–Crippen LogP) is 5.20. The minimum absolute atomic E-state index is 0.0282. The van der Waals surface area contributed by atoms with Gasteiger partial charge in [-0.1, -0.05) is 30.3 Å².